The van der Waals surface area contributed by atoms with Crippen LogP contribution in [-0.2, 0) is 9.53 Å². The molecule has 0 saturated carbocycles. The number of anilines is 1. The highest BCUT2D eigenvalue weighted by Crippen LogP contribution is 2.34. The average molecular weight is 606 g/mol. The smallest absolute Gasteiger partial charge is 0.439 e. The van der Waals surface area contributed by atoms with E-state index in [2.05, 4.69) is 30.1 Å². The van der Waals surface area contributed by atoms with E-state index in [1.54, 1.807) is 34.8 Å². The molecule has 6 rings (SSSR count). The van der Waals surface area contributed by atoms with Crippen LogP contribution in [0.5, 0.6) is 0 Å². The number of fused-ring (bicyclic) bond motifs is 1. The number of halogens is 1. The summed E-state index contributed by atoms with van der Waals surface area (Å²) in [6.07, 6.45) is 3.50. The van der Waals surface area contributed by atoms with Crippen LogP contribution in [0.25, 0.3) is 33.8 Å². The van der Waals surface area contributed by atoms with Crippen LogP contribution in [0.15, 0.2) is 55.2 Å². The Morgan fingerprint density at radius 1 is 1.26 bits per heavy atom. The van der Waals surface area contributed by atoms with Gasteiger partial charge in [0.15, 0.2) is 5.43 Å². The molecule has 222 valence electrons. The van der Waals surface area contributed by atoms with Crippen molar-refractivity contribution in [3.63, 3.8) is 0 Å². The number of carbonyl (C=O) groups excluding carboxylic acids is 1. The van der Waals surface area contributed by atoms with E-state index in [9.17, 15) is 14.4 Å². The number of hydrogen-bond donors (Lipinski definition) is 2. The van der Waals surface area contributed by atoms with E-state index < -0.39 is 5.76 Å². The SMILES string of the molecule is COCC(=O)N1CC(n2cc(-c3oc4c([C@@H](C)Nc5ccc(Cl)nc5-c5noc(=O)[nH]5)cc(C)cc4c(=O)c3C)cn2)C1. The molecular formula is C29H28ClN7O6. The number of aromatic nitrogens is 5. The molecule has 1 saturated heterocycles. The maximum absolute atomic E-state index is 13.6. The van der Waals surface area contributed by atoms with Crippen molar-refractivity contribution in [1.82, 2.24) is 29.8 Å². The van der Waals surface area contributed by atoms with E-state index in [1.165, 1.54) is 7.11 Å². The van der Waals surface area contributed by atoms with Crippen molar-refractivity contribution in [1.29, 1.82) is 0 Å². The molecule has 0 unspecified atom stereocenters. The van der Waals surface area contributed by atoms with E-state index in [0.29, 0.717) is 52.3 Å². The molecule has 14 heteroatoms. The van der Waals surface area contributed by atoms with Gasteiger partial charge in [-0.3, -0.25) is 23.8 Å². The number of hydrogen-bond acceptors (Lipinski definition) is 10. The predicted molar refractivity (Wildman–Crippen MR) is 158 cm³/mol. The van der Waals surface area contributed by atoms with Crippen LogP contribution in [-0.4, -0.2) is 62.5 Å². The number of pyridine rings is 1. The Labute approximate surface area is 249 Å². The largest absolute Gasteiger partial charge is 0.455 e. The zero-order valence-corrected chi connectivity index (χ0v) is 24.6. The summed E-state index contributed by atoms with van der Waals surface area (Å²) in [7, 11) is 1.49. The fourth-order valence-electron chi connectivity index (χ4n) is 5.24. The standard InChI is InChI=1S/C29H28ClN7O6/c1-14-7-19(16(3)32-21-5-6-22(30)33-24(21)28-34-29(40)43-35-28)27-20(8-14)25(39)15(2)26(42-27)17-9-31-37(10-17)18-11-36(12-18)23(38)13-41-4/h5-10,16,18,32H,11-13H2,1-4H3,(H,34,35,40)/t16-/m1/s1. The number of amides is 1. The van der Waals surface area contributed by atoms with Gasteiger partial charge in [0.25, 0.3) is 0 Å². The molecule has 43 heavy (non-hydrogen) atoms. The summed E-state index contributed by atoms with van der Waals surface area (Å²) in [5.41, 5.74) is 3.87. The van der Waals surface area contributed by atoms with Gasteiger partial charge in [-0.15, -0.1) is 0 Å². The second kappa shape index (κ2) is 11.2. The first-order chi connectivity index (χ1) is 20.6. The van der Waals surface area contributed by atoms with E-state index in [1.807, 2.05) is 32.2 Å². The predicted octanol–water partition coefficient (Wildman–Crippen LogP) is 3.87. The van der Waals surface area contributed by atoms with Crippen LogP contribution < -0.4 is 16.5 Å². The van der Waals surface area contributed by atoms with Gasteiger partial charge in [-0.05, 0) is 44.5 Å². The van der Waals surface area contributed by atoms with Gasteiger partial charge in [-0.1, -0.05) is 22.8 Å². The quantitative estimate of drug-likeness (QED) is 0.248. The number of carbonyl (C=O) groups is 1. The zero-order valence-electron chi connectivity index (χ0n) is 23.8. The van der Waals surface area contributed by atoms with Crippen LogP contribution in [0.1, 0.15) is 35.7 Å². The first kappa shape index (κ1) is 28.4. The molecule has 2 N–H and O–H groups in total. The van der Waals surface area contributed by atoms with Crippen LogP contribution in [0, 0.1) is 13.8 Å². The first-order valence-electron chi connectivity index (χ1n) is 13.5. The van der Waals surface area contributed by atoms with Crippen molar-refractivity contribution in [2.24, 2.45) is 0 Å². The van der Waals surface area contributed by atoms with Crippen LogP contribution in [0.2, 0.25) is 5.15 Å². The van der Waals surface area contributed by atoms with Gasteiger partial charge in [0.1, 0.15) is 28.8 Å². The summed E-state index contributed by atoms with van der Waals surface area (Å²) in [4.78, 5) is 45.8. The Morgan fingerprint density at radius 3 is 2.77 bits per heavy atom. The summed E-state index contributed by atoms with van der Waals surface area (Å²) < 4.78 is 17.9. The Bertz CT molecular complexity index is 1970. The number of likely N-dealkylation sites (tertiary alicyclic amines) is 1. The van der Waals surface area contributed by atoms with Crippen LogP contribution in [0.3, 0.4) is 0 Å². The Balaban J connectivity index is 1.35. The molecule has 0 radical (unpaired) electrons. The highest BCUT2D eigenvalue weighted by molar-refractivity contribution is 6.29. The van der Waals surface area contributed by atoms with Gasteiger partial charge >= 0.3 is 5.76 Å². The van der Waals surface area contributed by atoms with Gasteiger partial charge in [0, 0.05) is 37.5 Å². The molecule has 0 spiro atoms. The van der Waals surface area contributed by atoms with Gasteiger partial charge in [0.05, 0.1) is 34.9 Å². The topological polar surface area (TPSA) is 161 Å². The van der Waals surface area contributed by atoms with Crippen molar-refractivity contribution in [2.75, 3.05) is 32.1 Å². The molecule has 0 aliphatic carbocycles. The van der Waals surface area contributed by atoms with E-state index >= 15 is 0 Å². The molecule has 1 aliphatic rings. The van der Waals surface area contributed by atoms with Gasteiger partial charge < -0.3 is 19.4 Å². The molecule has 5 heterocycles. The van der Waals surface area contributed by atoms with Crippen molar-refractivity contribution >= 4 is 34.2 Å². The Hall–Kier alpha value is -4.75. The van der Waals surface area contributed by atoms with Gasteiger partial charge in [0.2, 0.25) is 11.7 Å². The molecule has 0 bridgehead atoms. The molecule has 1 atom stereocenters. The summed E-state index contributed by atoms with van der Waals surface area (Å²) in [6, 6.07) is 6.73. The minimum Gasteiger partial charge on any atom is -0.455 e. The molecule has 5 aromatic rings. The monoisotopic (exact) mass is 605 g/mol. The fourth-order valence-corrected chi connectivity index (χ4v) is 5.38. The van der Waals surface area contributed by atoms with Crippen molar-refractivity contribution in [3.05, 3.63) is 79.3 Å². The second-order valence-corrected chi connectivity index (χ2v) is 10.9. The summed E-state index contributed by atoms with van der Waals surface area (Å²) >= 11 is 6.13. The number of nitrogens with zero attached hydrogens (tertiary/aromatic N) is 5. The maximum atomic E-state index is 13.6. The number of methoxy groups -OCH3 is 1. The third kappa shape index (κ3) is 5.32. The Morgan fingerprint density at radius 2 is 2.05 bits per heavy atom. The van der Waals surface area contributed by atoms with E-state index in [4.69, 9.17) is 20.8 Å². The molecule has 1 aliphatic heterocycles. The highest BCUT2D eigenvalue weighted by atomic mass is 35.5. The number of aryl methyl sites for hydroxylation is 1. The lowest BCUT2D eigenvalue weighted by Crippen LogP contribution is -2.51. The Kier molecular flexibility index (Phi) is 7.36. The third-order valence-electron chi connectivity index (χ3n) is 7.48. The number of H-pyrrole nitrogens is 1. The highest BCUT2D eigenvalue weighted by Gasteiger charge is 2.32. The number of aromatic amines is 1. The van der Waals surface area contributed by atoms with Crippen LogP contribution >= 0.6 is 11.6 Å². The summed E-state index contributed by atoms with van der Waals surface area (Å²) in [5.74, 6) is -0.247. The van der Waals surface area contributed by atoms with Crippen molar-refractivity contribution in [2.45, 2.75) is 32.9 Å². The third-order valence-corrected chi connectivity index (χ3v) is 7.69. The molecule has 1 amide bonds. The minimum atomic E-state index is -0.720. The maximum Gasteiger partial charge on any atom is 0.439 e. The van der Waals surface area contributed by atoms with Crippen LogP contribution in [0.4, 0.5) is 5.69 Å². The first-order valence-corrected chi connectivity index (χ1v) is 13.9. The average Bonchev–Trinajstić information content (AvgIpc) is 3.60. The van der Waals surface area contributed by atoms with Gasteiger partial charge in [-0.25, -0.2) is 9.78 Å². The van der Waals surface area contributed by atoms with Gasteiger partial charge in [-0.2, -0.15) is 5.10 Å². The van der Waals surface area contributed by atoms with E-state index in [0.717, 1.165) is 11.1 Å². The molecule has 1 fully saturated rings. The van der Waals surface area contributed by atoms with Crippen molar-refractivity contribution < 1.29 is 18.5 Å². The number of ether oxygens (including phenoxy) is 1. The molecule has 4 aromatic heterocycles. The number of rotatable bonds is 8. The fraction of sp³-hybridized carbons (Fsp3) is 0.310. The zero-order chi connectivity index (χ0) is 30.4. The minimum absolute atomic E-state index is 0.0197. The second-order valence-electron chi connectivity index (χ2n) is 10.6. The van der Waals surface area contributed by atoms with E-state index in [-0.39, 0.29) is 41.0 Å². The number of benzene rings is 1. The molecular weight excluding hydrogens is 578 g/mol. The lowest BCUT2D eigenvalue weighted by Gasteiger charge is -2.39. The molecule has 13 nitrogen and oxygen atoms in total. The summed E-state index contributed by atoms with van der Waals surface area (Å²) in [5, 5.41) is 12.3. The number of nitrogens with one attached hydrogen (secondary N) is 2. The lowest BCUT2D eigenvalue weighted by atomic mass is 9.99. The lowest BCUT2D eigenvalue weighted by molar-refractivity contribution is -0.141. The normalized spacial score (nSPS) is 14.2. The van der Waals surface area contributed by atoms with Crippen molar-refractivity contribution in [3.8, 4) is 22.8 Å². The summed E-state index contributed by atoms with van der Waals surface area (Å²) in [6.45, 7) is 6.67. The molecule has 1 aromatic carbocycles.